The van der Waals surface area contributed by atoms with Crippen LogP contribution in [0, 0.1) is 0 Å². The molecule has 0 fully saturated rings. The van der Waals surface area contributed by atoms with Gasteiger partial charge in [0.2, 0.25) is 0 Å². The number of hydrogen-bond donors (Lipinski definition) is 3. The van der Waals surface area contributed by atoms with Crippen molar-refractivity contribution in [3.05, 3.63) is 47.5 Å². The Bertz CT molecular complexity index is 654. The van der Waals surface area contributed by atoms with Gasteiger partial charge in [0.05, 0.1) is 6.10 Å². The summed E-state index contributed by atoms with van der Waals surface area (Å²) in [6.45, 7) is 1.21. The minimum absolute atomic E-state index is 0.167. The number of nitrogens with zero attached hydrogens (tertiary/aromatic N) is 1. The monoisotopic (exact) mass is 271 g/mol. The van der Waals surface area contributed by atoms with Gasteiger partial charge >= 0.3 is 0 Å². The molecule has 2 aromatic rings. The molecule has 20 heavy (non-hydrogen) atoms. The third-order valence-electron chi connectivity index (χ3n) is 3.74. The van der Waals surface area contributed by atoms with Gasteiger partial charge in [-0.25, -0.2) is 0 Å². The molecule has 0 aromatic heterocycles. The molecule has 0 bridgehead atoms. The number of likely N-dealkylation sites (N-methyl/N-ethyl adjacent to an activating group) is 1. The van der Waals surface area contributed by atoms with E-state index in [9.17, 15) is 15.3 Å². The topological polar surface area (TPSA) is 63.9 Å². The minimum Gasteiger partial charge on any atom is -0.504 e. The highest BCUT2D eigenvalue weighted by Gasteiger charge is 2.23. The zero-order chi connectivity index (χ0) is 14.3. The highest BCUT2D eigenvalue weighted by molar-refractivity contribution is 5.74. The lowest BCUT2D eigenvalue weighted by atomic mass is 9.90. The molecular formula is C16H17NO3. The van der Waals surface area contributed by atoms with Crippen molar-refractivity contribution in [2.75, 3.05) is 13.6 Å². The fourth-order valence-electron chi connectivity index (χ4n) is 2.77. The second-order valence-electron chi connectivity index (χ2n) is 5.30. The number of aliphatic hydroxyl groups is 1. The summed E-state index contributed by atoms with van der Waals surface area (Å²) in [4.78, 5) is 2.04. The van der Waals surface area contributed by atoms with E-state index < -0.39 is 6.10 Å². The lowest BCUT2D eigenvalue weighted by Gasteiger charge is -2.27. The lowest BCUT2D eigenvalue weighted by Crippen LogP contribution is -2.26. The molecule has 104 valence electrons. The minimum atomic E-state index is -0.699. The molecule has 0 aliphatic carbocycles. The quantitative estimate of drug-likeness (QED) is 0.643. The Kier molecular flexibility index (Phi) is 3.12. The van der Waals surface area contributed by atoms with Crippen LogP contribution in [0.1, 0.15) is 17.2 Å². The Morgan fingerprint density at radius 1 is 1.05 bits per heavy atom. The fraction of sp³-hybridized carbons (Fsp3) is 0.250. The summed E-state index contributed by atoms with van der Waals surface area (Å²) in [5, 5.41) is 29.8. The van der Waals surface area contributed by atoms with E-state index in [2.05, 4.69) is 0 Å². The van der Waals surface area contributed by atoms with Crippen LogP contribution in [0.3, 0.4) is 0 Å². The van der Waals surface area contributed by atoms with Crippen LogP contribution in [-0.4, -0.2) is 33.8 Å². The maximum absolute atomic E-state index is 10.3. The highest BCUT2D eigenvalue weighted by Crippen LogP contribution is 2.40. The molecule has 1 aliphatic rings. The number of aromatic hydroxyl groups is 2. The van der Waals surface area contributed by atoms with Gasteiger partial charge in [-0.05, 0) is 41.4 Å². The maximum Gasteiger partial charge on any atom is 0.158 e. The van der Waals surface area contributed by atoms with Gasteiger partial charge in [0.1, 0.15) is 0 Å². The summed E-state index contributed by atoms with van der Waals surface area (Å²) in [7, 11) is 1.95. The van der Waals surface area contributed by atoms with E-state index in [0.717, 1.165) is 23.2 Å². The van der Waals surface area contributed by atoms with Crippen LogP contribution < -0.4 is 0 Å². The number of hydrogen-bond acceptors (Lipinski definition) is 4. The molecule has 0 amide bonds. The van der Waals surface area contributed by atoms with E-state index >= 15 is 0 Å². The molecule has 3 rings (SSSR count). The number of phenolic OH excluding ortho intramolecular Hbond substituents is 2. The summed E-state index contributed by atoms with van der Waals surface area (Å²) < 4.78 is 0. The van der Waals surface area contributed by atoms with E-state index in [1.165, 1.54) is 12.1 Å². The predicted molar refractivity (Wildman–Crippen MR) is 76.5 cm³/mol. The van der Waals surface area contributed by atoms with Gasteiger partial charge in [0.25, 0.3) is 0 Å². The van der Waals surface area contributed by atoms with Crippen molar-refractivity contribution in [1.82, 2.24) is 4.90 Å². The molecule has 0 saturated carbocycles. The number of rotatable bonds is 0. The van der Waals surface area contributed by atoms with Gasteiger partial charge in [0, 0.05) is 13.1 Å². The van der Waals surface area contributed by atoms with Gasteiger partial charge in [-0.3, -0.25) is 4.90 Å². The van der Waals surface area contributed by atoms with Gasteiger partial charge < -0.3 is 15.3 Å². The number of β-amino-alcohol motifs (C(OH)–C–C–N with tert-alkyl or cyclic N) is 1. The molecule has 1 atom stereocenters. The molecule has 3 N–H and O–H groups in total. The van der Waals surface area contributed by atoms with Gasteiger partial charge in [-0.2, -0.15) is 0 Å². The summed E-state index contributed by atoms with van der Waals surface area (Å²) in [5.41, 5.74) is 3.52. The van der Waals surface area contributed by atoms with Crippen molar-refractivity contribution < 1.29 is 15.3 Å². The number of phenols is 2. The molecule has 2 aromatic carbocycles. The third kappa shape index (κ3) is 2.13. The second-order valence-corrected chi connectivity index (χ2v) is 5.30. The predicted octanol–water partition coefficient (Wildman–Crippen LogP) is 2.24. The van der Waals surface area contributed by atoms with Crippen LogP contribution in [0.25, 0.3) is 11.1 Å². The normalized spacial score (nSPS) is 18.8. The summed E-state index contributed by atoms with van der Waals surface area (Å²) in [6.07, 6.45) is -0.699. The van der Waals surface area contributed by atoms with E-state index in [0.29, 0.717) is 12.1 Å². The molecular weight excluding hydrogens is 254 g/mol. The first-order valence-corrected chi connectivity index (χ1v) is 6.57. The zero-order valence-electron chi connectivity index (χ0n) is 11.2. The average Bonchev–Trinajstić information content (AvgIpc) is 2.41. The Morgan fingerprint density at radius 2 is 1.75 bits per heavy atom. The Labute approximate surface area is 117 Å². The summed E-state index contributed by atoms with van der Waals surface area (Å²) in [6, 6.07) is 10.9. The largest absolute Gasteiger partial charge is 0.504 e. The molecule has 0 unspecified atom stereocenters. The average molecular weight is 271 g/mol. The van der Waals surface area contributed by atoms with Crippen LogP contribution in [0.2, 0.25) is 0 Å². The van der Waals surface area contributed by atoms with Crippen molar-refractivity contribution in [1.29, 1.82) is 0 Å². The van der Waals surface area contributed by atoms with Gasteiger partial charge in [-0.15, -0.1) is 0 Å². The fourth-order valence-corrected chi connectivity index (χ4v) is 2.77. The molecule has 4 nitrogen and oxygen atoms in total. The maximum atomic E-state index is 10.3. The summed E-state index contributed by atoms with van der Waals surface area (Å²) in [5.74, 6) is -0.372. The molecule has 1 heterocycles. The zero-order valence-corrected chi connectivity index (χ0v) is 11.2. The molecule has 0 spiro atoms. The molecule has 1 aliphatic heterocycles. The van der Waals surface area contributed by atoms with Crippen molar-refractivity contribution in [3.63, 3.8) is 0 Å². The van der Waals surface area contributed by atoms with Crippen molar-refractivity contribution >= 4 is 0 Å². The Balaban J connectivity index is 2.28. The van der Waals surface area contributed by atoms with Crippen molar-refractivity contribution in [3.8, 4) is 22.6 Å². The molecule has 4 heteroatoms. The highest BCUT2D eigenvalue weighted by atomic mass is 16.3. The third-order valence-corrected chi connectivity index (χ3v) is 3.74. The van der Waals surface area contributed by atoms with Gasteiger partial charge in [0.15, 0.2) is 11.5 Å². The second kappa shape index (κ2) is 4.81. The van der Waals surface area contributed by atoms with Crippen molar-refractivity contribution in [2.24, 2.45) is 0 Å². The first kappa shape index (κ1) is 13.0. The number of fused-ring (bicyclic) bond motifs is 3. The first-order chi connectivity index (χ1) is 9.56. The van der Waals surface area contributed by atoms with Crippen LogP contribution in [0.15, 0.2) is 36.4 Å². The van der Waals surface area contributed by atoms with Crippen LogP contribution >= 0.6 is 0 Å². The van der Waals surface area contributed by atoms with E-state index in [1.54, 1.807) is 0 Å². The standard InChI is InChI=1S/C16H17NO3/c1-17-8-10-4-2-3-5-11(10)12-6-14(18)15(19)7-13(12)16(20)9-17/h2-7,16,18-20H,8-9H2,1H3/t16-/m0/s1. The van der Waals surface area contributed by atoms with E-state index in [4.69, 9.17) is 0 Å². The number of benzene rings is 2. The smallest absolute Gasteiger partial charge is 0.158 e. The van der Waals surface area contributed by atoms with Crippen LogP contribution in [-0.2, 0) is 6.54 Å². The van der Waals surface area contributed by atoms with Crippen LogP contribution in [0.4, 0.5) is 0 Å². The first-order valence-electron chi connectivity index (χ1n) is 6.57. The number of aliphatic hydroxyl groups excluding tert-OH is 1. The molecule has 0 radical (unpaired) electrons. The lowest BCUT2D eigenvalue weighted by molar-refractivity contribution is 0.123. The molecule has 0 saturated heterocycles. The Hall–Kier alpha value is -2.04. The van der Waals surface area contributed by atoms with E-state index in [1.807, 2.05) is 36.2 Å². The van der Waals surface area contributed by atoms with E-state index in [-0.39, 0.29) is 11.5 Å². The summed E-state index contributed by atoms with van der Waals surface area (Å²) >= 11 is 0. The van der Waals surface area contributed by atoms with Crippen molar-refractivity contribution in [2.45, 2.75) is 12.6 Å². The SMILES string of the molecule is CN1Cc2ccccc2-c2cc(O)c(O)cc2[C@@H](O)C1. The Morgan fingerprint density at radius 3 is 2.55 bits per heavy atom. The van der Waals surface area contributed by atoms with Crippen LogP contribution in [0.5, 0.6) is 11.5 Å². The van der Waals surface area contributed by atoms with Gasteiger partial charge in [-0.1, -0.05) is 24.3 Å².